The molecule has 1 aromatic carbocycles. The van der Waals surface area contributed by atoms with Crippen molar-refractivity contribution in [2.45, 2.75) is 37.3 Å². The van der Waals surface area contributed by atoms with Crippen molar-refractivity contribution < 1.29 is 9.59 Å². The summed E-state index contributed by atoms with van der Waals surface area (Å²) in [6, 6.07) is 9.56. The normalized spacial score (nSPS) is 30.7. The third kappa shape index (κ3) is 2.31. The lowest BCUT2D eigenvalue weighted by atomic mass is 9.89. The number of likely N-dealkylation sites (tertiary alicyclic amines) is 1. The molecule has 1 spiro atoms. The van der Waals surface area contributed by atoms with Gasteiger partial charge in [0.1, 0.15) is 11.4 Å². The Labute approximate surface area is 162 Å². The van der Waals surface area contributed by atoms with Crippen molar-refractivity contribution in [1.29, 1.82) is 0 Å². The number of anilines is 1. The summed E-state index contributed by atoms with van der Waals surface area (Å²) in [5.41, 5.74) is 2.71. The smallest absolute Gasteiger partial charge is 0.271 e. The van der Waals surface area contributed by atoms with Gasteiger partial charge in [0, 0.05) is 30.6 Å². The number of nitrogens with one attached hydrogen (secondary N) is 3. The maximum Gasteiger partial charge on any atom is 0.271 e. The molecule has 3 heterocycles. The first-order chi connectivity index (χ1) is 13.6. The molecule has 0 unspecified atom stereocenters. The number of hydrogen-bond acceptors (Lipinski definition) is 4. The van der Waals surface area contributed by atoms with Crippen LogP contribution in [0.15, 0.2) is 30.3 Å². The second-order valence-corrected chi connectivity index (χ2v) is 8.69. The molecule has 2 saturated carbocycles. The van der Waals surface area contributed by atoms with Gasteiger partial charge in [0.2, 0.25) is 0 Å². The van der Waals surface area contributed by atoms with E-state index in [1.165, 1.54) is 12.8 Å². The van der Waals surface area contributed by atoms with Gasteiger partial charge in [0.25, 0.3) is 11.8 Å². The van der Waals surface area contributed by atoms with Crippen molar-refractivity contribution in [2.75, 3.05) is 18.4 Å². The summed E-state index contributed by atoms with van der Waals surface area (Å²) in [5, 5.41) is 14.1. The molecular formula is C21H23N5O2. The first kappa shape index (κ1) is 16.2. The average Bonchev–Trinajstić information content (AvgIpc) is 3.14. The second-order valence-electron chi connectivity index (χ2n) is 8.69. The van der Waals surface area contributed by atoms with Crippen LogP contribution in [0.2, 0.25) is 0 Å². The van der Waals surface area contributed by atoms with E-state index in [1.54, 1.807) is 0 Å². The number of nitrogens with zero attached hydrogens (tertiary/aromatic N) is 2. The van der Waals surface area contributed by atoms with Crippen LogP contribution in [0.1, 0.15) is 58.1 Å². The summed E-state index contributed by atoms with van der Waals surface area (Å²) in [5.74, 6) is 1.13. The Morgan fingerprint density at radius 3 is 2.86 bits per heavy atom. The van der Waals surface area contributed by atoms with Gasteiger partial charge in [-0.3, -0.25) is 14.7 Å². The number of fused-ring (bicyclic) bond motifs is 3. The predicted molar refractivity (Wildman–Crippen MR) is 103 cm³/mol. The Morgan fingerprint density at radius 1 is 1.14 bits per heavy atom. The topological polar surface area (TPSA) is 90.1 Å². The predicted octanol–water partition coefficient (Wildman–Crippen LogP) is 2.32. The molecule has 2 aliphatic carbocycles. The number of benzene rings is 1. The molecule has 28 heavy (non-hydrogen) atoms. The van der Waals surface area contributed by atoms with Crippen molar-refractivity contribution >= 4 is 17.5 Å². The molecule has 6 rings (SSSR count). The summed E-state index contributed by atoms with van der Waals surface area (Å²) < 4.78 is 0. The van der Waals surface area contributed by atoms with Crippen LogP contribution in [0.4, 0.5) is 5.69 Å². The zero-order valence-electron chi connectivity index (χ0n) is 15.6. The third-order valence-corrected chi connectivity index (χ3v) is 6.96. The van der Waals surface area contributed by atoms with E-state index < -0.39 is 5.66 Å². The number of amides is 2. The fourth-order valence-corrected chi connectivity index (χ4v) is 5.33. The van der Waals surface area contributed by atoms with Crippen LogP contribution < -0.4 is 10.6 Å². The Morgan fingerprint density at radius 2 is 2.00 bits per heavy atom. The maximum atomic E-state index is 13.0. The number of aromatic amines is 1. The lowest BCUT2D eigenvalue weighted by molar-refractivity contribution is 0.0762. The number of rotatable bonds is 2. The van der Waals surface area contributed by atoms with E-state index in [0.29, 0.717) is 29.6 Å². The minimum absolute atomic E-state index is 0.0199. The molecule has 7 heteroatoms. The molecule has 1 saturated heterocycles. The van der Waals surface area contributed by atoms with Crippen molar-refractivity contribution in [3.8, 4) is 0 Å². The quantitative estimate of drug-likeness (QED) is 0.749. The Balaban J connectivity index is 1.24. The number of carbonyl (C=O) groups is 2. The summed E-state index contributed by atoms with van der Waals surface area (Å²) in [7, 11) is 0. The van der Waals surface area contributed by atoms with Gasteiger partial charge in [0.05, 0.1) is 11.3 Å². The molecule has 1 aromatic heterocycles. The number of H-pyrrole nitrogens is 1. The van der Waals surface area contributed by atoms with Gasteiger partial charge in [-0.25, -0.2) is 0 Å². The van der Waals surface area contributed by atoms with Crippen LogP contribution in [0, 0.1) is 11.8 Å². The highest BCUT2D eigenvalue weighted by atomic mass is 16.2. The first-order valence-electron chi connectivity index (χ1n) is 10.2. The third-order valence-electron chi connectivity index (χ3n) is 6.96. The highest BCUT2D eigenvalue weighted by Crippen LogP contribution is 2.47. The monoisotopic (exact) mass is 377 g/mol. The first-order valence-corrected chi connectivity index (χ1v) is 10.2. The van der Waals surface area contributed by atoms with Gasteiger partial charge in [-0.15, -0.1) is 0 Å². The molecule has 4 aliphatic rings. The molecule has 2 aromatic rings. The van der Waals surface area contributed by atoms with Crippen LogP contribution in [-0.4, -0.2) is 45.7 Å². The molecule has 3 atom stereocenters. The molecule has 2 amide bonds. The SMILES string of the molecule is O=C1N[C@]2(CC[C@@H]3CN(C(=O)c4cc(C5CC5)n[nH]4)C[C@@H]32)Nc2ccccc21. The number of aromatic nitrogens is 2. The highest BCUT2D eigenvalue weighted by molar-refractivity contribution is 6.02. The average molecular weight is 377 g/mol. The lowest BCUT2D eigenvalue weighted by Crippen LogP contribution is -2.61. The van der Waals surface area contributed by atoms with E-state index in [4.69, 9.17) is 0 Å². The van der Waals surface area contributed by atoms with E-state index >= 15 is 0 Å². The molecule has 0 bridgehead atoms. The van der Waals surface area contributed by atoms with Gasteiger partial charge >= 0.3 is 0 Å². The maximum absolute atomic E-state index is 13.0. The van der Waals surface area contributed by atoms with Crippen LogP contribution in [0.25, 0.3) is 0 Å². The van der Waals surface area contributed by atoms with E-state index in [2.05, 4.69) is 20.8 Å². The van der Waals surface area contributed by atoms with Gasteiger partial charge in [-0.2, -0.15) is 5.10 Å². The minimum Gasteiger partial charge on any atom is -0.362 e. The molecule has 3 fully saturated rings. The summed E-state index contributed by atoms with van der Waals surface area (Å²) >= 11 is 0. The summed E-state index contributed by atoms with van der Waals surface area (Å²) in [6.45, 7) is 1.39. The largest absolute Gasteiger partial charge is 0.362 e. The fourth-order valence-electron chi connectivity index (χ4n) is 5.33. The minimum atomic E-state index is -0.460. The Hall–Kier alpha value is -2.83. The lowest BCUT2D eigenvalue weighted by Gasteiger charge is -2.41. The van der Waals surface area contributed by atoms with Crippen LogP contribution in [-0.2, 0) is 0 Å². The summed E-state index contributed by atoms with van der Waals surface area (Å²) in [4.78, 5) is 27.6. The fraction of sp³-hybridized carbons (Fsp3) is 0.476. The standard InChI is InChI=1S/C21H23N5O2/c27-19-14-3-1-2-4-16(14)22-21(23-19)8-7-13-10-26(11-15(13)21)20(28)18-9-17(24-25-18)12-5-6-12/h1-4,9,12-13,15,22H,5-8,10-11H2,(H,23,27)(H,24,25)/t13-,15+,21+/m1/s1. The molecule has 2 aliphatic heterocycles. The highest BCUT2D eigenvalue weighted by Gasteiger charge is 2.55. The van der Waals surface area contributed by atoms with Crippen LogP contribution in [0.3, 0.4) is 0 Å². The number of carbonyl (C=O) groups excluding carboxylic acids is 2. The number of hydrogen-bond donors (Lipinski definition) is 3. The van der Waals surface area contributed by atoms with Crippen molar-refractivity contribution in [2.24, 2.45) is 11.8 Å². The Bertz CT molecular complexity index is 981. The van der Waals surface area contributed by atoms with Gasteiger partial charge in [-0.1, -0.05) is 12.1 Å². The molecule has 7 nitrogen and oxygen atoms in total. The molecule has 144 valence electrons. The van der Waals surface area contributed by atoms with Gasteiger partial charge < -0.3 is 15.5 Å². The summed E-state index contributed by atoms with van der Waals surface area (Å²) in [6.07, 6.45) is 4.23. The van der Waals surface area contributed by atoms with Crippen molar-refractivity contribution in [1.82, 2.24) is 20.4 Å². The molecular weight excluding hydrogens is 354 g/mol. The second kappa shape index (κ2) is 5.59. The van der Waals surface area contributed by atoms with Crippen molar-refractivity contribution in [3.63, 3.8) is 0 Å². The van der Waals surface area contributed by atoms with Gasteiger partial charge in [-0.05, 0) is 49.8 Å². The Kier molecular flexibility index (Phi) is 3.23. The zero-order chi connectivity index (χ0) is 18.9. The van der Waals surface area contributed by atoms with Crippen molar-refractivity contribution in [3.05, 3.63) is 47.3 Å². The number of para-hydroxylation sites is 1. The molecule has 3 N–H and O–H groups in total. The van der Waals surface area contributed by atoms with E-state index in [9.17, 15) is 9.59 Å². The van der Waals surface area contributed by atoms with E-state index in [-0.39, 0.29) is 17.7 Å². The van der Waals surface area contributed by atoms with Crippen LogP contribution in [0.5, 0.6) is 0 Å². The molecule has 0 radical (unpaired) electrons. The van der Waals surface area contributed by atoms with Crippen LogP contribution >= 0.6 is 0 Å². The zero-order valence-corrected chi connectivity index (χ0v) is 15.6. The van der Waals surface area contributed by atoms with Gasteiger partial charge in [0.15, 0.2) is 0 Å². The van der Waals surface area contributed by atoms with E-state index in [1.807, 2.05) is 35.2 Å². The van der Waals surface area contributed by atoms with E-state index in [0.717, 1.165) is 30.8 Å².